The molecular formula is C15H21NO. The number of aliphatic hydroxyl groups excluding tert-OH is 1. The molecule has 1 N–H and O–H groups in total. The second-order valence-electron chi connectivity index (χ2n) is 5.65. The van der Waals surface area contributed by atoms with Gasteiger partial charge in [0.05, 0.1) is 6.10 Å². The summed E-state index contributed by atoms with van der Waals surface area (Å²) < 4.78 is 0. The maximum atomic E-state index is 10.4. The molecule has 2 unspecified atom stereocenters. The zero-order chi connectivity index (χ0) is 11.8. The molecule has 1 aromatic rings. The molecule has 0 radical (unpaired) electrons. The highest BCUT2D eigenvalue weighted by Gasteiger charge is 2.36. The molecule has 2 aliphatic rings. The summed E-state index contributed by atoms with van der Waals surface area (Å²) in [5, 5.41) is 10.4. The summed E-state index contributed by atoms with van der Waals surface area (Å²) in [7, 11) is 2.19. The Kier molecular flexibility index (Phi) is 2.93. The van der Waals surface area contributed by atoms with Crippen molar-refractivity contribution >= 4 is 0 Å². The average molecular weight is 231 g/mol. The third-order valence-electron chi connectivity index (χ3n) is 4.60. The number of hydrogen-bond acceptors (Lipinski definition) is 2. The van der Waals surface area contributed by atoms with Gasteiger partial charge in [-0.05, 0) is 62.4 Å². The van der Waals surface area contributed by atoms with Crippen LogP contribution in [-0.2, 0) is 6.42 Å². The first-order chi connectivity index (χ1) is 8.25. The fourth-order valence-electron chi connectivity index (χ4n) is 3.49. The van der Waals surface area contributed by atoms with E-state index in [9.17, 15) is 5.11 Å². The van der Waals surface area contributed by atoms with Crippen LogP contribution in [0.5, 0.6) is 0 Å². The minimum Gasteiger partial charge on any atom is -0.388 e. The molecule has 0 bridgehead atoms. The molecule has 1 aliphatic heterocycles. The third kappa shape index (κ3) is 2.00. The first kappa shape index (κ1) is 11.2. The third-order valence-corrected chi connectivity index (χ3v) is 4.60. The molecule has 1 aliphatic carbocycles. The smallest absolute Gasteiger partial charge is 0.0826 e. The van der Waals surface area contributed by atoms with E-state index in [4.69, 9.17) is 0 Å². The van der Waals surface area contributed by atoms with Crippen molar-refractivity contribution in [2.45, 2.75) is 25.4 Å². The lowest BCUT2D eigenvalue weighted by Crippen LogP contribution is -2.34. The number of fused-ring (bicyclic) bond motifs is 1. The van der Waals surface area contributed by atoms with Gasteiger partial charge in [-0.1, -0.05) is 24.3 Å². The molecule has 2 nitrogen and oxygen atoms in total. The summed E-state index contributed by atoms with van der Waals surface area (Å²) in [6.45, 7) is 2.37. The molecule has 17 heavy (non-hydrogen) atoms. The van der Waals surface area contributed by atoms with Gasteiger partial charge in [-0.15, -0.1) is 0 Å². The standard InChI is InChI=1S/C15H21NO/c1-16-8-6-11(7-9-16)14-10-12-4-2-3-5-13(12)15(14)17/h2-5,11,14-15,17H,6-10H2,1H3. The zero-order valence-electron chi connectivity index (χ0n) is 10.5. The Morgan fingerprint density at radius 2 is 1.88 bits per heavy atom. The van der Waals surface area contributed by atoms with Crippen LogP contribution in [0, 0.1) is 11.8 Å². The Hall–Kier alpha value is -0.860. The highest BCUT2D eigenvalue weighted by atomic mass is 16.3. The molecule has 0 amide bonds. The van der Waals surface area contributed by atoms with E-state index in [1.54, 1.807) is 0 Å². The Labute approximate surface area is 103 Å². The van der Waals surface area contributed by atoms with Crippen LogP contribution in [0.15, 0.2) is 24.3 Å². The van der Waals surface area contributed by atoms with Crippen LogP contribution in [0.3, 0.4) is 0 Å². The van der Waals surface area contributed by atoms with Crippen molar-refractivity contribution in [3.8, 4) is 0 Å². The summed E-state index contributed by atoms with van der Waals surface area (Å²) in [6.07, 6.45) is 3.34. The van der Waals surface area contributed by atoms with Gasteiger partial charge in [-0.25, -0.2) is 0 Å². The van der Waals surface area contributed by atoms with Gasteiger partial charge in [0.25, 0.3) is 0 Å². The summed E-state index contributed by atoms with van der Waals surface area (Å²) in [4.78, 5) is 2.39. The molecule has 2 atom stereocenters. The van der Waals surface area contributed by atoms with Gasteiger partial charge in [0, 0.05) is 0 Å². The fourth-order valence-corrected chi connectivity index (χ4v) is 3.49. The number of rotatable bonds is 1. The lowest BCUT2D eigenvalue weighted by molar-refractivity contribution is 0.0595. The molecule has 92 valence electrons. The molecule has 0 saturated carbocycles. The van der Waals surface area contributed by atoms with Crippen molar-refractivity contribution < 1.29 is 5.11 Å². The summed E-state index contributed by atoms with van der Waals surface area (Å²) in [6, 6.07) is 8.39. The van der Waals surface area contributed by atoms with Crippen molar-refractivity contribution in [2.75, 3.05) is 20.1 Å². The Balaban J connectivity index is 1.75. The van der Waals surface area contributed by atoms with Crippen molar-refractivity contribution in [1.29, 1.82) is 0 Å². The summed E-state index contributed by atoms with van der Waals surface area (Å²) in [5.74, 6) is 1.16. The van der Waals surface area contributed by atoms with E-state index in [-0.39, 0.29) is 6.10 Å². The van der Waals surface area contributed by atoms with Crippen molar-refractivity contribution in [3.63, 3.8) is 0 Å². The maximum absolute atomic E-state index is 10.4. The van der Waals surface area contributed by atoms with Crippen LogP contribution in [-0.4, -0.2) is 30.1 Å². The van der Waals surface area contributed by atoms with E-state index < -0.39 is 0 Å². The van der Waals surface area contributed by atoms with Gasteiger partial charge < -0.3 is 10.0 Å². The van der Waals surface area contributed by atoms with Gasteiger partial charge >= 0.3 is 0 Å². The van der Waals surface area contributed by atoms with E-state index in [1.165, 1.54) is 37.1 Å². The quantitative estimate of drug-likeness (QED) is 0.801. The number of piperidine rings is 1. The minimum atomic E-state index is -0.223. The summed E-state index contributed by atoms with van der Waals surface area (Å²) >= 11 is 0. The van der Waals surface area contributed by atoms with Crippen LogP contribution >= 0.6 is 0 Å². The largest absolute Gasteiger partial charge is 0.388 e. The van der Waals surface area contributed by atoms with Gasteiger partial charge in [0.15, 0.2) is 0 Å². The van der Waals surface area contributed by atoms with Gasteiger partial charge in [0.2, 0.25) is 0 Å². The minimum absolute atomic E-state index is 0.223. The van der Waals surface area contributed by atoms with E-state index in [1.807, 2.05) is 6.07 Å². The Morgan fingerprint density at radius 1 is 1.18 bits per heavy atom. The number of nitrogens with zero attached hydrogens (tertiary/aromatic N) is 1. The number of likely N-dealkylation sites (tertiary alicyclic amines) is 1. The molecule has 1 saturated heterocycles. The van der Waals surface area contributed by atoms with Gasteiger partial charge in [0.1, 0.15) is 0 Å². The first-order valence-corrected chi connectivity index (χ1v) is 6.70. The van der Waals surface area contributed by atoms with E-state index in [2.05, 4.69) is 30.1 Å². The molecule has 0 spiro atoms. The molecule has 1 aromatic carbocycles. The maximum Gasteiger partial charge on any atom is 0.0826 e. The molecule has 3 rings (SSSR count). The molecule has 0 aromatic heterocycles. The van der Waals surface area contributed by atoms with E-state index in [0.717, 1.165) is 6.42 Å². The monoisotopic (exact) mass is 231 g/mol. The van der Waals surface area contributed by atoms with Crippen LogP contribution in [0.2, 0.25) is 0 Å². The van der Waals surface area contributed by atoms with Crippen LogP contribution < -0.4 is 0 Å². The number of hydrogen-bond donors (Lipinski definition) is 1. The Bertz CT molecular complexity index is 396. The molecule has 1 fully saturated rings. The van der Waals surface area contributed by atoms with E-state index in [0.29, 0.717) is 11.8 Å². The van der Waals surface area contributed by atoms with E-state index >= 15 is 0 Å². The molecule has 1 heterocycles. The van der Waals surface area contributed by atoms with Crippen LogP contribution in [0.25, 0.3) is 0 Å². The lowest BCUT2D eigenvalue weighted by atomic mass is 9.81. The first-order valence-electron chi connectivity index (χ1n) is 6.70. The fraction of sp³-hybridized carbons (Fsp3) is 0.600. The highest BCUT2D eigenvalue weighted by Crippen LogP contribution is 2.42. The van der Waals surface area contributed by atoms with Crippen molar-refractivity contribution in [2.24, 2.45) is 11.8 Å². The Morgan fingerprint density at radius 3 is 2.59 bits per heavy atom. The zero-order valence-corrected chi connectivity index (χ0v) is 10.5. The topological polar surface area (TPSA) is 23.5 Å². The predicted molar refractivity (Wildman–Crippen MR) is 68.8 cm³/mol. The number of aliphatic hydroxyl groups is 1. The SMILES string of the molecule is CN1CCC(C2Cc3ccccc3C2O)CC1. The van der Waals surface area contributed by atoms with Crippen molar-refractivity contribution in [1.82, 2.24) is 4.90 Å². The second kappa shape index (κ2) is 4.43. The highest BCUT2D eigenvalue weighted by molar-refractivity contribution is 5.34. The predicted octanol–water partition coefficient (Wildman–Crippen LogP) is 2.23. The summed E-state index contributed by atoms with van der Waals surface area (Å²) in [5.41, 5.74) is 2.54. The molecule has 2 heteroatoms. The van der Waals surface area contributed by atoms with Gasteiger partial charge in [-0.3, -0.25) is 0 Å². The second-order valence-corrected chi connectivity index (χ2v) is 5.65. The average Bonchev–Trinajstić information content (AvgIpc) is 2.69. The lowest BCUT2D eigenvalue weighted by Gasteiger charge is -2.34. The molecular weight excluding hydrogens is 210 g/mol. The van der Waals surface area contributed by atoms with Gasteiger partial charge in [-0.2, -0.15) is 0 Å². The number of benzene rings is 1. The normalized spacial score (nSPS) is 30.5. The van der Waals surface area contributed by atoms with Crippen molar-refractivity contribution in [3.05, 3.63) is 35.4 Å². The van der Waals surface area contributed by atoms with Crippen LogP contribution in [0.1, 0.15) is 30.1 Å². The van der Waals surface area contributed by atoms with Crippen LogP contribution in [0.4, 0.5) is 0 Å².